The molecule has 3 rings (SSSR count). The van der Waals surface area contributed by atoms with Crippen LogP contribution in [0.15, 0.2) is 22.6 Å². The summed E-state index contributed by atoms with van der Waals surface area (Å²) in [5.41, 5.74) is 1.69. The lowest BCUT2D eigenvalue weighted by Gasteiger charge is -2.25. The lowest BCUT2D eigenvalue weighted by Crippen LogP contribution is -2.34. The SMILES string of the molecule is CC1CC(c2nc3cc(Cl)ccc3o2)CCN1. The van der Waals surface area contributed by atoms with E-state index in [1.54, 1.807) is 0 Å². The molecule has 1 N–H and O–H groups in total. The van der Waals surface area contributed by atoms with Crippen LogP contribution in [0.5, 0.6) is 0 Å². The first-order chi connectivity index (χ1) is 8.22. The molecule has 0 amide bonds. The predicted octanol–water partition coefficient (Wildman–Crippen LogP) is 3.34. The van der Waals surface area contributed by atoms with E-state index in [4.69, 9.17) is 16.0 Å². The fraction of sp³-hybridized carbons (Fsp3) is 0.462. The molecule has 90 valence electrons. The second-order valence-corrected chi connectivity index (χ2v) is 5.18. The Morgan fingerprint density at radius 3 is 3.18 bits per heavy atom. The van der Waals surface area contributed by atoms with Crippen LogP contribution >= 0.6 is 11.6 Å². The molecule has 0 spiro atoms. The number of halogens is 1. The fourth-order valence-corrected chi connectivity index (χ4v) is 2.62. The third-order valence-electron chi connectivity index (χ3n) is 3.34. The Balaban J connectivity index is 1.94. The third kappa shape index (κ3) is 2.17. The number of nitrogens with zero attached hydrogens (tertiary/aromatic N) is 1. The van der Waals surface area contributed by atoms with Crippen LogP contribution < -0.4 is 5.32 Å². The third-order valence-corrected chi connectivity index (χ3v) is 3.57. The highest BCUT2D eigenvalue weighted by Gasteiger charge is 2.24. The van der Waals surface area contributed by atoms with Gasteiger partial charge in [-0.2, -0.15) is 0 Å². The maximum atomic E-state index is 5.95. The van der Waals surface area contributed by atoms with Crippen molar-refractivity contribution in [3.8, 4) is 0 Å². The van der Waals surface area contributed by atoms with E-state index in [1.807, 2.05) is 18.2 Å². The molecular weight excluding hydrogens is 236 g/mol. The van der Waals surface area contributed by atoms with Crippen molar-refractivity contribution in [3.63, 3.8) is 0 Å². The van der Waals surface area contributed by atoms with Gasteiger partial charge in [0.15, 0.2) is 11.5 Å². The summed E-state index contributed by atoms with van der Waals surface area (Å²) in [7, 11) is 0. The van der Waals surface area contributed by atoms with Crippen molar-refractivity contribution >= 4 is 22.7 Å². The Bertz CT molecular complexity index is 537. The van der Waals surface area contributed by atoms with Crippen LogP contribution in [-0.2, 0) is 0 Å². The topological polar surface area (TPSA) is 38.1 Å². The Hall–Kier alpha value is -1.06. The molecule has 1 aromatic carbocycles. The summed E-state index contributed by atoms with van der Waals surface area (Å²) in [6, 6.07) is 6.11. The van der Waals surface area contributed by atoms with Crippen LogP contribution in [0.1, 0.15) is 31.6 Å². The van der Waals surface area contributed by atoms with Gasteiger partial charge in [-0.1, -0.05) is 11.6 Å². The minimum absolute atomic E-state index is 0.428. The quantitative estimate of drug-likeness (QED) is 0.844. The molecule has 1 aliphatic heterocycles. The average molecular weight is 251 g/mol. The monoisotopic (exact) mass is 250 g/mol. The molecule has 1 fully saturated rings. The van der Waals surface area contributed by atoms with E-state index in [9.17, 15) is 0 Å². The first-order valence-corrected chi connectivity index (χ1v) is 6.39. The number of aromatic nitrogens is 1. The number of oxazole rings is 1. The smallest absolute Gasteiger partial charge is 0.198 e. The molecule has 2 aromatic rings. The molecule has 0 radical (unpaired) electrons. The summed E-state index contributed by atoms with van der Waals surface area (Å²) in [4.78, 5) is 4.55. The molecule has 2 unspecified atom stereocenters. The zero-order valence-corrected chi connectivity index (χ0v) is 10.5. The van der Waals surface area contributed by atoms with Crippen molar-refractivity contribution in [2.45, 2.75) is 31.7 Å². The molecule has 2 atom stereocenters. The number of rotatable bonds is 1. The van der Waals surface area contributed by atoms with Gasteiger partial charge in [0.25, 0.3) is 0 Å². The van der Waals surface area contributed by atoms with Gasteiger partial charge in [0.1, 0.15) is 5.52 Å². The number of benzene rings is 1. The Labute approximate surface area is 105 Å². The van der Waals surface area contributed by atoms with Crippen LogP contribution in [0, 0.1) is 0 Å². The number of hydrogen-bond donors (Lipinski definition) is 1. The van der Waals surface area contributed by atoms with Crippen LogP contribution in [-0.4, -0.2) is 17.6 Å². The zero-order valence-electron chi connectivity index (χ0n) is 9.74. The maximum Gasteiger partial charge on any atom is 0.198 e. The van der Waals surface area contributed by atoms with Crippen LogP contribution in [0.3, 0.4) is 0 Å². The van der Waals surface area contributed by atoms with E-state index in [0.29, 0.717) is 17.0 Å². The van der Waals surface area contributed by atoms with E-state index in [1.165, 1.54) is 0 Å². The second kappa shape index (κ2) is 4.31. The molecule has 3 nitrogen and oxygen atoms in total. The van der Waals surface area contributed by atoms with Gasteiger partial charge in [0.05, 0.1) is 0 Å². The second-order valence-electron chi connectivity index (χ2n) is 4.74. The first-order valence-electron chi connectivity index (χ1n) is 6.02. The number of fused-ring (bicyclic) bond motifs is 1. The first kappa shape index (κ1) is 11.1. The lowest BCUT2D eigenvalue weighted by molar-refractivity contribution is 0.336. The molecule has 1 aromatic heterocycles. The maximum absolute atomic E-state index is 5.95. The van der Waals surface area contributed by atoms with Gasteiger partial charge in [0, 0.05) is 17.0 Å². The molecule has 0 aliphatic carbocycles. The van der Waals surface area contributed by atoms with E-state index in [2.05, 4.69) is 17.2 Å². The van der Waals surface area contributed by atoms with Gasteiger partial charge < -0.3 is 9.73 Å². The van der Waals surface area contributed by atoms with Crippen LogP contribution in [0.25, 0.3) is 11.1 Å². The van der Waals surface area contributed by atoms with Gasteiger partial charge in [-0.25, -0.2) is 4.98 Å². The minimum Gasteiger partial charge on any atom is -0.440 e. The highest BCUT2D eigenvalue weighted by molar-refractivity contribution is 6.31. The predicted molar refractivity (Wildman–Crippen MR) is 68.5 cm³/mol. The summed E-state index contributed by atoms with van der Waals surface area (Å²) in [6.45, 7) is 3.23. The van der Waals surface area contributed by atoms with Gasteiger partial charge in [-0.15, -0.1) is 0 Å². The molecule has 0 bridgehead atoms. The summed E-state index contributed by atoms with van der Waals surface area (Å²) in [5.74, 6) is 1.29. The highest BCUT2D eigenvalue weighted by atomic mass is 35.5. The summed E-state index contributed by atoms with van der Waals surface area (Å²) < 4.78 is 5.81. The van der Waals surface area contributed by atoms with Crippen molar-refractivity contribution < 1.29 is 4.42 Å². The average Bonchev–Trinajstić information content (AvgIpc) is 2.72. The Morgan fingerprint density at radius 1 is 1.47 bits per heavy atom. The van der Waals surface area contributed by atoms with Crippen LogP contribution in [0.4, 0.5) is 0 Å². The molecule has 4 heteroatoms. The summed E-state index contributed by atoms with van der Waals surface area (Å²) in [6.07, 6.45) is 2.17. The molecule has 17 heavy (non-hydrogen) atoms. The van der Waals surface area contributed by atoms with Crippen molar-refractivity contribution in [3.05, 3.63) is 29.1 Å². The Morgan fingerprint density at radius 2 is 2.35 bits per heavy atom. The standard InChI is InChI=1S/C13H15ClN2O/c1-8-6-9(4-5-15-8)13-16-11-7-10(14)2-3-12(11)17-13/h2-3,7-9,15H,4-6H2,1H3. The number of piperidine rings is 1. The minimum atomic E-state index is 0.428. The molecule has 1 aliphatic rings. The fourth-order valence-electron chi connectivity index (χ4n) is 2.45. The lowest BCUT2D eigenvalue weighted by atomic mass is 9.93. The van der Waals surface area contributed by atoms with Crippen molar-refractivity contribution in [2.24, 2.45) is 0 Å². The normalized spacial score (nSPS) is 25.3. The molecule has 1 saturated heterocycles. The molecule has 0 saturated carbocycles. The summed E-state index contributed by atoms with van der Waals surface area (Å²) >= 11 is 5.95. The summed E-state index contributed by atoms with van der Waals surface area (Å²) in [5, 5.41) is 4.14. The van der Waals surface area contributed by atoms with Crippen molar-refractivity contribution in [2.75, 3.05) is 6.54 Å². The van der Waals surface area contributed by atoms with Gasteiger partial charge >= 0.3 is 0 Å². The Kier molecular flexibility index (Phi) is 2.81. The molecular formula is C13H15ClN2O. The van der Waals surface area contributed by atoms with Gasteiger partial charge in [0.2, 0.25) is 0 Å². The largest absolute Gasteiger partial charge is 0.440 e. The van der Waals surface area contributed by atoms with Crippen LogP contribution in [0.2, 0.25) is 5.02 Å². The molecule has 2 heterocycles. The highest BCUT2D eigenvalue weighted by Crippen LogP contribution is 2.30. The van der Waals surface area contributed by atoms with E-state index in [0.717, 1.165) is 36.4 Å². The van der Waals surface area contributed by atoms with E-state index >= 15 is 0 Å². The number of hydrogen-bond acceptors (Lipinski definition) is 3. The zero-order chi connectivity index (χ0) is 11.8. The number of nitrogens with one attached hydrogen (secondary N) is 1. The van der Waals surface area contributed by atoms with Crippen molar-refractivity contribution in [1.82, 2.24) is 10.3 Å². The van der Waals surface area contributed by atoms with Gasteiger partial charge in [-0.3, -0.25) is 0 Å². The van der Waals surface area contributed by atoms with E-state index < -0.39 is 0 Å². The van der Waals surface area contributed by atoms with E-state index in [-0.39, 0.29) is 0 Å². The van der Waals surface area contributed by atoms with Gasteiger partial charge in [-0.05, 0) is 44.5 Å². The van der Waals surface area contributed by atoms with Crippen molar-refractivity contribution in [1.29, 1.82) is 0 Å².